The van der Waals surface area contributed by atoms with Crippen molar-refractivity contribution in [3.8, 4) is 11.8 Å². The average Bonchev–Trinajstić information content (AvgIpc) is 2.77. The topological polar surface area (TPSA) is 81.0 Å². The van der Waals surface area contributed by atoms with Gasteiger partial charge < -0.3 is 15.0 Å². The van der Waals surface area contributed by atoms with Crippen LogP contribution in [0.5, 0.6) is 0 Å². The Labute approximate surface area is 134 Å². The molecule has 0 aliphatic rings. The second kappa shape index (κ2) is 5.73. The third kappa shape index (κ3) is 2.46. The van der Waals surface area contributed by atoms with Crippen molar-refractivity contribution in [1.82, 2.24) is 4.57 Å². The molecular weight excluding hydrogens is 393 g/mol. The second-order valence-corrected chi connectivity index (χ2v) is 5.47. The summed E-state index contributed by atoms with van der Waals surface area (Å²) in [6.07, 6.45) is 1.50. The van der Waals surface area contributed by atoms with Crippen molar-refractivity contribution in [2.24, 2.45) is 0 Å². The summed E-state index contributed by atoms with van der Waals surface area (Å²) in [7, 11) is 1.26. The first-order valence-electron chi connectivity index (χ1n) is 5.44. The first kappa shape index (κ1) is 14.7. The smallest absolute Gasteiger partial charge is 0.357 e. The minimum Gasteiger partial charge on any atom is -0.464 e. The molecule has 0 unspecified atom stereocenters. The van der Waals surface area contributed by atoms with Gasteiger partial charge in [0.05, 0.1) is 24.0 Å². The lowest BCUT2D eigenvalue weighted by Gasteiger charge is -2.10. The fraction of sp³-hybridized carbons (Fsp3) is 0.0769. The van der Waals surface area contributed by atoms with E-state index in [1.807, 2.05) is 12.1 Å². The van der Waals surface area contributed by atoms with Gasteiger partial charge in [0.25, 0.3) is 0 Å². The molecule has 0 saturated heterocycles. The summed E-state index contributed by atoms with van der Waals surface area (Å²) in [4.78, 5) is 11.9. The molecule has 0 radical (unpaired) electrons. The van der Waals surface area contributed by atoms with E-state index in [4.69, 9.17) is 27.3 Å². The molecule has 0 saturated carbocycles. The number of anilines is 1. The highest BCUT2D eigenvalue weighted by atomic mass is 127. The van der Waals surface area contributed by atoms with Crippen LogP contribution in [-0.4, -0.2) is 17.6 Å². The summed E-state index contributed by atoms with van der Waals surface area (Å²) >= 11 is 8.09. The molecule has 2 N–H and O–H groups in total. The van der Waals surface area contributed by atoms with E-state index in [1.165, 1.54) is 17.9 Å². The van der Waals surface area contributed by atoms with E-state index in [1.54, 1.807) is 12.1 Å². The number of benzene rings is 1. The zero-order valence-corrected chi connectivity index (χ0v) is 13.3. The maximum Gasteiger partial charge on any atom is 0.357 e. The molecule has 2 aromatic rings. The number of esters is 1. The summed E-state index contributed by atoms with van der Waals surface area (Å²) in [5.74, 6) is -0.611. The van der Waals surface area contributed by atoms with Crippen LogP contribution in [0.4, 0.5) is 5.69 Å². The molecule has 1 heterocycles. The SMILES string of the molecule is COC(=O)c1c(N)c(C#N)cn1-c1cc(Cl)ccc1I. The van der Waals surface area contributed by atoms with Crippen LogP contribution in [0.2, 0.25) is 5.02 Å². The summed E-state index contributed by atoms with van der Waals surface area (Å²) in [5.41, 5.74) is 6.91. The number of nitrogen functional groups attached to an aromatic ring is 1. The second-order valence-electron chi connectivity index (χ2n) is 3.87. The standard InChI is InChI=1S/C13H9ClIN3O2/c1-20-13(19)12-11(17)7(5-16)6-18(12)10-4-8(14)2-3-9(10)15/h2-4,6H,17H2,1H3. The van der Waals surface area contributed by atoms with Crippen LogP contribution in [-0.2, 0) is 4.74 Å². The van der Waals surface area contributed by atoms with Gasteiger partial charge in [0.2, 0.25) is 0 Å². The van der Waals surface area contributed by atoms with Gasteiger partial charge in [0.15, 0.2) is 5.69 Å². The van der Waals surface area contributed by atoms with Crippen molar-refractivity contribution in [2.45, 2.75) is 0 Å². The molecule has 0 amide bonds. The summed E-state index contributed by atoms with van der Waals surface area (Å²) in [6, 6.07) is 7.19. The van der Waals surface area contributed by atoms with E-state index in [9.17, 15) is 4.79 Å². The maximum absolute atomic E-state index is 11.9. The lowest BCUT2D eigenvalue weighted by atomic mass is 10.2. The quantitative estimate of drug-likeness (QED) is 0.620. The van der Waals surface area contributed by atoms with Gasteiger partial charge in [0, 0.05) is 14.8 Å². The number of nitriles is 1. The van der Waals surface area contributed by atoms with Crippen LogP contribution in [0, 0.1) is 14.9 Å². The van der Waals surface area contributed by atoms with Crippen molar-refractivity contribution in [3.63, 3.8) is 0 Å². The molecule has 0 atom stereocenters. The molecular formula is C13H9ClIN3O2. The molecule has 0 fully saturated rings. The Morgan fingerprint density at radius 3 is 2.85 bits per heavy atom. The Kier molecular flexibility index (Phi) is 4.20. The molecule has 1 aromatic heterocycles. The van der Waals surface area contributed by atoms with Crippen LogP contribution in [0.25, 0.3) is 5.69 Å². The summed E-state index contributed by atoms with van der Waals surface area (Å²) in [5, 5.41) is 9.57. The number of nitrogens with two attached hydrogens (primary N) is 1. The number of halogens is 2. The van der Waals surface area contributed by atoms with Crippen molar-refractivity contribution in [3.05, 3.63) is 44.2 Å². The molecule has 102 valence electrons. The van der Waals surface area contributed by atoms with Gasteiger partial charge in [-0.15, -0.1) is 0 Å². The molecule has 1 aromatic carbocycles. The lowest BCUT2D eigenvalue weighted by molar-refractivity contribution is 0.0593. The predicted octanol–water partition coefficient (Wildman–Crippen LogP) is 2.98. The highest BCUT2D eigenvalue weighted by molar-refractivity contribution is 14.1. The predicted molar refractivity (Wildman–Crippen MR) is 84.0 cm³/mol. The number of hydrogen-bond donors (Lipinski definition) is 1. The van der Waals surface area contributed by atoms with E-state index >= 15 is 0 Å². The zero-order valence-electron chi connectivity index (χ0n) is 10.4. The van der Waals surface area contributed by atoms with Gasteiger partial charge in [-0.05, 0) is 40.8 Å². The average molecular weight is 402 g/mol. The summed E-state index contributed by atoms with van der Waals surface area (Å²) < 4.78 is 7.10. The van der Waals surface area contributed by atoms with Crippen molar-refractivity contribution >= 4 is 45.8 Å². The van der Waals surface area contributed by atoms with E-state index in [2.05, 4.69) is 22.6 Å². The molecule has 0 aliphatic heterocycles. The van der Waals surface area contributed by atoms with Crippen LogP contribution < -0.4 is 5.73 Å². The van der Waals surface area contributed by atoms with Gasteiger partial charge in [-0.1, -0.05) is 11.6 Å². The highest BCUT2D eigenvalue weighted by Gasteiger charge is 2.22. The van der Waals surface area contributed by atoms with Gasteiger partial charge in [-0.2, -0.15) is 5.26 Å². The number of nitrogens with zero attached hydrogens (tertiary/aromatic N) is 2. The minimum absolute atomic E-state index is 0.0927. The summed E-state index contributed by atoms with van der Waals surface area (Å²) in [6.45, 7) is 0. The number of carbonyl (C=O) groups excluding carboxylic acids is 1. The molecule has 20 heavy (non-hydrogen) atoms. The van der Waals surface area contributed by atoms with E-state index in [-0.39, 0.29) is 16.9 Å². The zero-order chi connectivity index (χ0) is 14.9. The van der Waals surface area contributed by atoms with Crippen LogP contribution >= 0.6 is 34.2 Å². The molecule has 5 nitrogen and oxygen atoms in total. The molecule has 0 spiro atoms. The van der Waals surface area contributed by atoms with Crippen molar-refractivity contribution < 1.29 is 9.53 Å². The number of rotatable bonds is 2. The van der Waals surface area contributed by atoms with E-state index < -0.39 is 5.97 Å². The van der Waals surface area contributed by atoms with Gasteiger partial charge in [-0.25, -0.2) is 4.79 Å². The Bertz CT molecular complexity index is 734. The lowest BCUT2D eigenvalue weighted by Crippen LogP contribution is -2.11. The van der Waals surface area contributed by atoms with Crippen LogP contribution in [0.1, 0.15) is 16.1 Å². The molecule has 0 bridgehead atoms. The third-order valence-electron chi connectivity index (χ3n) is 2.71. The number of carbonyl (C=O) groups is 1. The first-order valence-corrected chi connectivity index (χ1v) is 6.90. The minimum atomic E-state index is -0.611. The number of aromatic nitrogens is 1. The Morgan fingerprint density at radius 2 is 2.25 bits per heavy atom. The Morgan fingerprint density at radius 1 is 1.55 bits per heavy atom. The third-order valence-corrected chi connectivity index (χ3v) is 3.86. The largest absolute Gasteiger partial charge is 0.464 e. The molecule has 0 aliphatic carbocycles. The van der Waals surface area contributed by atoms with Crippen LogP contribution in [0.3, 0.4) is 0 Å². The van der Waals surface area contributed by atoms with E-state index in [0.29, 0.717) is 10.7 Å². The fourth-order valence-electron chi connectivity index (χ4n) is 1.78. The number of hydrogen-bond acceptors (Lipinski definition) is 4. The normalized spacial score (nSPS) is 10.1. The van der Waals surface area contributed by atoms with Crippen molar-refractivity contribution in [1.29, 1.82) is 5.26 Å². The maximum atomic E-state index is 11.9. The van der Waals surface area contributed by atoms with Gasteiger partial charge >= 0.3 is 5.97 Å². The number of ether oxygens (including phenoxy) is 1. The molecule has 7 heteroatoms. The Hall–Kier alpha value is -1.72. The van der Waals surface area contributed by atoms with Crippen LogP contribution in [0.15, 0.2) is 24.4 Å². The van der Waals surface area contributed by atoms with Gasteiger partial charge in [0.1, 0.15) is 6.07 Å². The monoisotopic (exact) mass is 401 g/mol. The highest BCUT2D eigenvalue weighted by Crippen LogP contribution is 2.28. The fourth-order valence-corrected chi connectivity index (χ4v) is 2.54. The van der Waals surface area contributed by atoms with Gasteiger partial charge in [-0.3, -0.25) is 0 Å². The molecule has 2 rings (SSSR count). The van der Waals surface area contributed by atoms with E-state index in [0.717, 1.165) is 3.57 Å². The number of methoxy groups -OCH3 is 1. The Balaban J connectivity index is 2.77. The van der Waals surface area contributed by atoms with Crippen molar-refractivity contribution in [2.75, 3.05) is 12.8 Å². The first-order chi connectivity index (χ1) is 9.49.